The van der Waals surface area contributed by atoms with Crippen LogP contribution in [0.15, 0.2) is 84.1 Å². The molecule has 11 nitrogen and oxygen atoms in total. The summed E-state index contributed by atoms with van der Waals surface area (Å²) in [4.78, 5) is 23.2. The summed E-state index contributed by atoms with van der Waals surface area (Å²) in [5.41, 5.74) is 5.45. The van der Waals surface area contributed by atoms with Gasteiger partial charge in [-0.2, -0.15) is 0 Å². The van der Waals surface area contributed by atoms with E-state index in [0.29, 0.717) is 48.8 Å². The smallest absolute Gasteiger partial charge is 0.239 e. The first-order valence-corrected chi connectivity index (χ1v) is 22.6. The van der Waals surface area contributed by atoms with Gasteiger partial charge in [0.05, 0.1) is 18.2 Å². The van der Waals surface area contributed by atoms with Gasteiger partial charge in [0.25, 0.3) is 0 Å². The fourth-order valence-electron chi connectivity index (χ4n) is 9.96. The minimum absolute atomic E-state index is 0.0537. The monoisotopic (exact) mass is 848 g/mol. The highest BCUT2D eigenvalue weighted by Crippen LogP contribution is 2.62. The number of fused-ring (bicyclic) bond motifs is 3. The van der Waals surface area contributed by atoms with Crippen LogP contribution in [-0.4, -0.2) is 70.8 Å². The summed E-state index contributed by atoms with van der Waals surface area (Å²) in [6.07, 6.45) is 10.9. The lowest BCUT2D eigenvalue weighted by Crippen LogP contribution is -2.70. The Kier molecular flexibility index (Phi) is 13.1. The molecule has 2 heterocycles. The molecule has 2 fully saturated rings. The number of amides is 1. The topological polar surface area (TPSA) is 129 Å². The Balaban J connectivity index is 1.34. The fourth-order valence-corrected chi connectivity index (χ4v) is 9.96. The highest BCUT2D eigenvalue weighted by atomic mass is 16.7. The van der Waals surface area contributed by atoms with Gasteiger partial charge in [0.15, 0.2) is 11.5 Å². The summed E-state index contributed by atoms with van der Waals surface area (Å²) >= 11 is 0. The molecule has 11 heteroatoms. The van der Waals surface area contributed by atoms with E-state index in [2.05, 4.69) is 44.7 Å². The molecule has 0 bridgehead atoms. The zero-order valence-corrected chi connectivity index (χ0v) is 37.1. The van der Waals surface area contributed by atoms with E-state index in [0.717, 1.165) is 72.2 Å². The minimum atomic E-state index is -1.36. The van der Waals surface area contributed by atoms with E-state index in [1.807, 2.05) is 62.1 Å². The van der Waals surface area contributed by atoms with Crippen LogP contribution in [0.1, 0.15) is 107 Å². The van der Waals surface area contributed by atoms with Crippen molar-refractivity contribution in [2.75, 3.05) is 26.6 Å². The predicted molar refractivity (Wildman–Crippen MR) is 238 cm³/mol. The molecule has 2 saturated carbocycles. The molecule has 332 valence electrons. The molecule has 0 spiro atoms. The molecule has 6 atom stereocenters. The molecule has 8 rings (SSSR count). The minimum Gasteiger partial charge on any atom is -0.459 e. The number of benzene rings is 3. The van der Waals surface area contributed by atoms with Gasteiger partial charge in [0, 0.05) is 43.6 Å². The molecule has 3 aliphatic carbocycles. The number of hydrogen-bond acceptors (Lipinski definition) is 10. The third-order valence-electron chi connectivity index (χ3n) is 13.2. The van der Waals surface area contributed by atoms with Gasteiger partial charge >= 0.3 is 0 Å². The van der Waals surface area contributed by atoms with Crippen LogP contribution < -0.4 is 18.9 Å². The molecule has 5 aliphatic rings. The molecule has 3 aromatic rings. The normalized spacial score (nSPS) is 25.3. The van der Waals surface area contributed by atoms with E-state index < -0.39 is 23.3 Å². The number of allylic oxidation sites excluding steroid dienone is 1. The number of oxime groups is 1. The van der Waals surface area contributed by atoms with Gasteiger partial charge in [-0.3, -0.25) is 4.79 Å². The van der Waals surface area contributed by atoms with Crippen LogP contribution in [0.4, 0.5) is 0 Å². The Morgan fingerprint density at radius 1 is 0.919 bits per heavy atom. The first-order chi connectivity index (χ1) is 29.9. The summed E-state index contributed by atoms with van der Waals surface area (Å²) < 4.78 is 32.8. The second-order valence-electron chi connectivity index (χ2n) is 18.8. The molecule has 3 aromatic carbocycles. The molecule has 2 aliphatic heterocycles. The second-order valence-corrected chi connectivity index (χ2v) is 18.8. The van der Waals surface area contributed by atoms with E-state index in [1.165, 1.54) is 5.56 Å². The Labute approximate surface area is 366 Å². The van der Waals surface area contributed by atoms with Gasteiger partial charge in [-0.1, -0.05) is 42.3 Å². The third-order valence-corrected chi connectivity index (χ3v) is 13.2. The lowest BCUT2D eigenvalue weighted by molar-refractivity contribution is -0.258. The Morgan fingerprint density at radius 2 is 1.65 bits per heavy atom. The quantitative estimate of drug-likeness (QED) is 0.0731. The Morgan fingerprint density at radius 3 is 2.37 bits per heavy atom. The van der Waals surface area contributed by atoms with E-state index >= 15 is 0 Å². The predicted octanol–water partition coefficient (Wildman–Crippen LogP) is 9.70. The number of carbonyl (C=O) groups excluding carboxylic acids is 1. The first kappa shape index (κ1) is 43.8. The summed E-state index contributed by atoms with van der Waals surface area (Å²) in [6.45, 7) is 15.1. The Hall–Kier alpha value is -4.84. The van der Waals surface area contributed by atoms with Crippen molar-refractivity contribution < 1.29 is 43.5 Å². The largest absolute Gasteiger partial charge is 0.459 e. The average molecular weight is 849 g/mol. The highest BCUT2D eigenvalue weighted by molar-refractivity contribution is 6.03. The van der Waals surface area contributed by atoms with Gasteiger partial charge in [-0.05, 0) is 150 Å². The SMILES string of the molecule is C=CCO[C@@]12Oc3ccc(Oc4ccc(C)c(C)c4)cc3[C@H]3[C@H](CCCCO)[C@@H](CCCCO)C=C(C(=NOC(C)(C)C)C[C@@H]1N(Cc1ccc4c(c1)OCO4)C(=O)C1CC1)[C@H]32. The van der Waals surface area contributed by atoms with Crippen molar-refractivity contribution in [2.45, 2.75) is 122 Å². The van der Waals surface area contributed by atoms with Crippen LogP contribution in [0.3, 0.4) is 0 Å². The summed E-state index contributed by atoms with van der Waals surface area (Å²) in [6, 6.07) is 17.5. The molecular weight excluding hydrogens is 785 g/mol. The zero-order chi connectivity index (χ0) is 43.6. The van der Waals surface area contributed by atoms with Crippen LogP contribution in [-0.2, 0) is 20.9 Å². The molecule has 0 saturated heterocycles. The molecule has 1 amide bonds. The van der Waals surface area contributed by atoms with Gasteiger partial charge in [-0.15, -0.1) is 6.58 Å². The maximum atomic E-state index is 14.9. The number of hydrogen-bond donors (Lipinski definition) is 2. The summed E-state index contributed by atoms with van der Waals surface area (Å²) in [7, 11) is 0. The Bertz CT molecular complexity index is 2170. The number of rotatable bonds is 18. The standard InChI is InChI=1S/C51H64N2O9/c1-7-24-59-51-46(53(49(56)35-16-17-35)30-34-15-20-44-45(26-34)58-31-57-44)29-42(52-62-50(4,5)6)40-27-36(12-8-10-22-54)39(13-9-11-23-55)47(48(40)51)41-28-38(19-21-43(41)61-51)60-37-18-14-32(2)33(3)25-37/h7,14-15,18-21,25-28,35-36,39,46-48,54-55H,1,8-13,16-17,22-24,29-31H2,2-6H3/t36-,39+,46-,47+,48+,51+/m0/s1. The maximum absolute atomic E-state index is 14.9. The third kappa shape index (κ3) is 9.13. The number of nitrogens with zero attached hydrogens (tertiary/aromatic N) is 2. The van der Waals surface area contributed by atoms with Crippen LogP contribution >= 0.6 is 0 Å². The number of aliphatic hydroxyl groups excluding tert-OH is 2. The maximum Gasteiger partial charge on any atom is 0.239 e. The van der Waals surface area contributed by atoms with E-state index in [1.54, 1.807) is 6.08 Å². The number of unbranched alkanes of at least 4 members (excludes halogenated alkanes) is 2. The van der Waals surface area contributed by atoms with Crippen molar-refractivity contribution in [1.82, 2.24) is 4.90 Å². The average Bonchev–Trinajstić information content (AvgIpc) is 4.00. The van der Waals surface area contributed by atoms with Crippen LogP contribution in [0, 0.1) is 37.5 Å². The van der Waals surface area contributed by atoms with E-state index in [4.69, 9.17) is 33.7 Å². The van der Waals surface area contributed by atoms with Gasteiger partial charge < -0.3 is 43.6 Å². The van der Waals surface area contributed by atoms with Crippen LogP contribution in [0.5, 0.6) is 28.7 Å². The van der Waals surface area contributed by atoms with Gasteiger partial charge in [0.2, 0.25) is 18.5 Å². The molecule has 0 radical (unpaired) electrons. The van der Waals surface area contributed by atoms with Crippen molar-refractivity contribution in [3.63, 3.8) is 0 Å². The highest BCUT2D eigenvalue weighted by Gasteiger charge is 2.66. The first-order valence-electron chi connectivity index (χ1n) is 22.6. The number of aryl methyl sites for hydroxylation is 2. The van der Waals surface area contributed by atoms with Crippen molar-refractivity contribution >= 4 is 11.6 Å². The van der Waals surface area contributed by atoms with Crippen LogP contribution in [0.2, 0.25) is 0 Å². The molecule has 0 aromatic heterocycles. The zero-order valence-electron chi connectivity index (χ0n) is 37.1. The second kappa shape index (κ2) is 18.5. The molecule has 2 N–H and O–H groups in total. The number of aliphatic hydroxyl groups is 2. The van der Waals surface area contributed by atoms with Crippen LogP contribution in [0.25, 0.3) is 0 Å². The summed E-state index contributed by atoms with van der Waals surface area (Å²) in [5.74, 6) is 1.66. The van der Waals surface area contributed by atoms with E-state index in [9.17, 15) is 15.0 Å². The molecular formula is C51H64N2O9. The van der Waals surface area contributed by atoms with Gasteiger partial charge in [-0.25, -0.2) is 0 Å². The lowest BCUT2D eigenvalue weighted by atomic mass is 9.55. The molecule has 62 heavy (non-hydrogen) atoms. The van der Waals surface area contributed by atoms with Gasteiger partial charge in [0.1, 0.15) is 28.9 Å². The number of carbonyl (C=O) groups is 1. The lowest BCUT2D eigenvalue weighted by Gasteiger charge is -2.60. The summed E-state index contributed by atoms with van der Waals surface area (Å²) in [5, 5.41) is 25.0. The van der Waals surface area contributed by atoms with Crippen molar-refractivity contribution in [1.29, 1.82) is 0 Å². The number of ether oxygens (including phenoxy) is 5. The molecule has 0 unspecified atom stereocenters. The fraction of sp³-hybridized carbons (Fsp3) is 0.529. The van der Waals surface area contributed by atoms with Crippen molar-refractivity contribution in [3.05, 3.63) is 101 Å². The van der Waals surface area contributed by atoms with E-state index in [-0.39, 0.29) is 56.2 Å². The van der Waals surface area contributed by atoms with Crippen molar-refractivity contribution in [2.24, 2.45) is 28.8 Å². The van der Waals surface area contributed by atoms with Crippen molar-refractivity contribution in [3.8, 4) is 28.7 Å².